The fourth-order valence-corrected chi connectivity index (χ4v) is 9.73. The molecule has 3 saturated carbocycles. The molecule has 4 aliphatic rings. The van der Waals surface area contributed by atoms with Gasteiger partial charge in [0.2, 0.25) is 0 Å². The molecule has 0 radical (unpaired) electrons. The van der Waals surface area contributed by atoms with Gasteiger partial charge >= 0.3 is 0 Å². The fourth-order valence-electron chi connectivity index (χ4n) is 9.73. The lowest BCUT2D eigenvalue weighted by molar-refractivity contribution is -0.204. The normalized spacial score (nSPS) is 47.8. The lowest BCUT2D eigenvalue weighted by Gasteiger charge is -2.67. The van der Waals surface area contributed by atoms with Crippen molar-refractivity contribution in [2.24, 2.45) is 51.2 Å². The Balaban J connectivity index is 1.63. The molecule has 10 atom stereocenters. The van der Waals surface area contributed by atoms with Crippen LogP contribution in [0.15, 0.2) is 11.6 Å². The molecule has 0 saturated heterocycles. The van der Waals surface area contributed by atoms with E-state index in [2.05, 4.69) is 54.5 Å². The van der Waals surface area contributed by atoms with E-state index in [0.29, 0.717) is 29.6 Å². The molecule has 4 aliphatic carbocycles. The zero-order chi connectivity index (χ0) is 25.5. The maximum absolute atomic E-state index is 12.0. The van der Waals surface area contributed by atoms with Gasteiger partial charge in [-0.1, -0.05) is 66.5 Å². The van der Waals surface area contributed by atoms with Gasteiger partial charge in [-0.3, -0.25) is 0 Å². The molecule has 3 nitrogen and oxygen atoms in total. The first-order valence-corrected chi connectivity index (χ1v) is 14.3. The van der Waals surface area contributed by atoms with Crippen LogP contribution in [0.2, 0.25) is 0 Å². The summed E-state index contributed by atoms with van der Waals surface area (Å²) in [5.74, 6) is 2.39. The molecular formula is C31H54O3. The van der Waals surface area contributed by atoms with Gasteiger partial charge in [0, 0.05) is 10.8 Å². The standard InChI is InChI=1S/C31H54O3/c1-19(10-11-20(2)28(5,6)34)21-16-17-29(7)24-14-12-22-23(13-15-25(32)27(22,3)4)31(24,9)26(33)18-30(21,29)8/h12,19-21,23-26,32-34H,10-11,13-18H2,1-9H3/t19-,20-,21?,23?,24?,25+,26-,29+,30-,31+/m1/s1. The van der Waals surface area contributed by atoms with E-state index in [1.165, 1.54) is 18.4 Å². The summed E-state index contributed by atoms with van der Waals surface area (Å²) in [5, 5.41) is 33.2. The summed E-state index contributed by atoms with van der Waals surface area (Å²) < 4.78 is 0. The monoisotopic (exact) mass is 474 g/mol. The van der Waals surface area contributed by atoms with Crippen molar-refractivity contribution >= 4 is 0 Å². The molecule has 34 heavy (non-hydrogen) atoms. The van der Waals surface area contributed by atoms with Gasteiger partial charge in [0.25, 0.3) is 0 Å². The molecule has 3 heteroatoms. The van der Waals surface area contributed by atoms with Gasteiger partial charge in [0.15, 0.2) is 0 Å². The minimum atomic E-state index is -0.621. The van der Waals surface area contributed by atoms with Crippen molar-refractivity contribution in [3.8, 4) is 0 Å². The highest BCUT2D eigenvalue weighted by molar-refractivity contribution is 5.31. The second-order valence-corrected chi connectivity index (χ2v) is 15.0. The lowest BCUT2D eigenvalue weighted by Crippen LogP contribution is -2.64. The highest BCUT2D eigenvalue weighted by atomic mass is 16.3. The Morgan fingerprint density at radius 2 is 1.59 bits per heavy atom. The number of aliphatic hydroxyl groups excluding tert-OH is 2. The van der Waals surface area contributed by atoms with Gasteiger partial charge in [0.1, 0.15) is 0 Å². The van der Waals surface area contributed by atoms with Crippen LogP contribution in [0.25, 0.3) is 0 Å². The average molecular weight is 475 g/mol. The Morgan fingerprint density at radius 1 is 0.941 bits per heavy atom. The molecule has 0 aromatic rings. The number of aliphatic hydroxyl groups is 3. The molecule has 0 spiro atoms. The summed E-state index contributed by atoms with van der Waals surface area (Å²) in [6, 6.07) is 0. The van der Waals surface area contributed by atoms with Gasteiger partial charge in [-0.25, -0.2) is 0 Å². The third-order valence-electron chi connectivity index (χ3n) is 12.9. The first kappa shape index (κ1) is 26.7. The number of hydrogen-bond acceptors (Lipinski definition) is 3. The first-order chi connectivity index (χ1) is 15.5. The second-order valence-electron chi connectivity index (χ2n) is 15.0. The van der Waals surface area contributed by atoms with E-state index in [1.54, 1.807) is 0 Å². The summed E-state index contributed by atoms with van der Waals surface area (Å²) in [6.07, 6.45) is 10.4. The van der Waals surface area contributed by atoms with Crippen molar-refractivity contribution < 1.29 is 15.3 Å². The third kappa shape index (κ3) is 3.61. The van der Waals surface area contributed by atoms with Crippen molar-refractivity contribution in [1.82, 2.24) is 0 Å². The summed E-state index contributed by atoms with van der Waals surface area (Å²) in [5.41, 5.74) is 0.864. The molecule has 3 unspecified atom stereocenters. The predicted octanol–water partition coefficient (Wildman–Crippen LogP) is 6.75. The van der Waals surface area contributed by atoms with E-state index in [4.69, 9.17) is 0 Å². The molecule has 3 fully saturated rings. The molecule has 3 N–H and O–H groups in total. The van der Waals surface area contributed by atoms with Gasteiger partial charge < -0.3 is 15.3 Å². The summed E-state index contributed by atoms with van der Waals surface area (Å²) in [4.78, 5) is 0. The zero-order valence-electron chi connectivity index (χ0n) is 23.6. The fraction of sp³-hybridized carbons (Fsp3) is 0.935. The van der Waals surface area contributed by atoms with Crippen LogP contribution in [0.5, 0.6) is 0 Å². The van der Waals surface area contributed by atoms with E-state index < -0.39 is 5.60 Å². The quantitative estimate of drug-likeness (QED) is 0.386. The molecule has 0 aliphatic heterocycles. The van der Waals surface area contributed by atoms with Gasteiger partial charge in [-0.05, 0) is 99.2 Å². The van der Waals surface area contributed by atoms with Crippen LogP contribution in [-0.2, 0) is 0 Å². The Morgan fingerprint density at radius 3 is 2.21 bits per heavy atom. The van der Waals surface area contributed by atoms with Crippen molar-refractivity contribution in [1.29, 1.82) is 0 Å². The smallest absolute Gasteiger partial charge is 0.0628 e. The van der Waals surface area contributed by atoms with Crippen LogP contribution in [0.4, 0.5) is 0 Å². The van der Waals surface area contributed by atoms with Crippen molar-refractivity contribution in [3.63, 3.8) is 0 Å². The molecule has 0 amide bonds. The molecule has 0 bridgehead atoms. The zero-order valence-corrected chi connectivity index (χ0v) is 23.6. The largest absolute Gasteiger partial charge is 0.393 e. The van der Waals surface area contributed by atoms with E-state index in [9.17, 15) is 15.3 Å². The molecular weight excluding hydrogens is 420 g/mol. The van der Waals surface area contributed by atoms with Gasteiger partial charge in [-0.2, -0.15) is 0 Å². The van der Waals surface area contributed by atoms with Crippen molar-refractivity contribution in [3.05, 3.63) is 11.6 Å². The van der Waals surface area contributed by atoms with Crippen LogP contribution in [0, 0.1) is 51.2 Å². The van der Waals surface area contributed by atoms with Crippen LogP contribution in [0.1, 0.15) is 114 Å². The average Bonchev–Trinajstić information content (AvgIpc) is 2.99. The van der Waals surface area contributed by atoms with E-state index in [0.717, 1.165) is 38.5 Å². The molecule has 196 valence electrons. The lowest BCUT2D eigenvalue weighted by atomic mass is 9.38. The summed E-state index contributed by atoms with van der Waals surface area (Å²) >= 11 is 0. The van der Waals surface area contributed by atoms with Crippen molar-refractivity contribution in [2.75, 3.05) is 0 Å². The number of fused-ring (bicyclic) bond motifs is 5. The maximum Gasteiger partial charge on any atom is 0.0628 e. The Hall–Kier alpha value is -0.380. The molecule has 0 heterocycles. The minimum absolute atomic E-state index is 0.108. The van der Waals surface area contributed by atoms with Gasteiger partial charge in [-0.15, -0.1) is 0 Å². The number of hydrogen-bond donors (Lipinski definition) is 3. The maximum atomic E-state index is 12.0. The molecule has 0 aromatic carbocycles. The number of allylic oxidation sites excluding steroid dienone is 1. The molecule has 0 aromatic heterocycles. The Bertz CT molecular complexity index is 808. The van der Waals surface area contributed by atoms with Crippen molar-refractivity contribution in [2.45, 2.75) is 131 Å². The van der Waals surface area contributed by atoms with Crippen LogP contribution in [0.3, 0.4) is 0 Å². The van der Waals surface area contributed by atoms with E-state index >= 15 is 0 Å². The molecule has 4 rings (SSSR count). The SMILES string of the molecule is C[C@H](CC[C@@H](C)C(C)(C)O)C1CC[C@@]2(C)C3CC=C4C(CC[C@H](O)C4(C)C)[C@]3(C)[C@H](O)C[C@]12C. The van der Waals surface area contributed by atoms with Crippen LogP contribution >= 0.6 is 0 Å². The highest BCUT2D eigenvalue weighted by Crippen LogP contribution is 2.75. The first-order valence-electron chi connectivity index (χ1n) is 14.3. The predicted molar refractivity (Wildman–Crippen MR) is 140 cm³/mol. The summed E-state index contributed by atoms with van der Waals surface area (Å²) in [6.45, 7) is 20.4. The van der Waals surface area contributed by atoms with E-state index in [1.807, 2.05) is 13.8 Å². The Kier molecular flexibility index (Phi) is 6.53. The third-order valence-corrected chi connectivity index (χ3v) is 12.9. The topological polar surface area (TPSA) is 60.7 Å². The second kappa shape index (κ2) is 8.32. The van der Waals surface area contributed by atoms with E-state index in [-0.39, 0.29) is 33.9 Å². The minimum Gasteiger partial charge on any atom is -0.393 e. The van der Waals surface area contributed by atoms with Gasteiger partial charge in [0.05, 0.1) is 17.8 Å². The Labute approximate surface area is 209 Å². The highest BCUT2D eigenvalue weighted by Gasteiger charge is 2.70. The van der Waals surface area contributed by atoms with Crippen LogP contribution in [-0.4, -0.2) is 33.1 Å². The van der Waals surface area contributed by atoms with Crippen LogP contribution < -0.4 is 0 Å². The summed E-state index contributed by atoms with van der Waals surface area (Å²) in [7, 11) is 0. The number of rotatable bonds is 5.